The Labute approximate surface area is 151 Å². The van der Waals surface area contributed by atoms with E-state index in [1.165, 1.54) is 12.3 Å². The van der Waals surface area contributed by atoms with Crippen LogP contribution in [0.15, 0.2) is 53.5 Å². The van der Waals surface area contributed by atoms with E-state index >= 15 is 0 Å². The van der Waals surface area contributed by atoms with Gasteiger partial charge in [-0.25, -0.2) is 4.79 Å². The Balaban J connectivity index is 1.65. The Kier molecular flexibility index (Phi) is 5.36. The van der Waals surface area contributed by atoms with Crippen molar-refractivity contribution in [1.29, 1.82) is 0 Å². The van der Waals surface area contributed by atoms with Crippen molar-refractivity contribution in [2.75, 3.05) is 5.32 Å². The Morgan fingerprint density at radius 2 is 1.77 bits per heavy atom. The maximum Gasteiger partial charge on any atom is 0.315 e. The molecule has 0 atom stereocenters. The van der Waals surface area contributed by atoms with Crippen LogP contribution in [0.3, 0.4) is 0 Å². The summed E-state index contributed by atoms with van der Waals surface area (Å²) in [7, 11) is 0. The Morgan fingerprint density at radius 1 is 1.04 bits per heavy atom. The van der Waals surface area contributed by atoms with Gasteiger partial charge in [0.25, 0.3) is 5.56 Å². The summed E-state index contributed by atoms with van der Waals surface area (Å²) in [6.07, 6.45) is 4.28. The number of hydrogen-bond acceptors (Lipinski definition) is 3. The zero-order valence-electron chi connectivity index (χ0n) is 14.4. The van der Waals surface area contributed by atoms with Crippen LogP contribution >= 0.6 is 0 Å². The molecule has 0 radical (unpaired) electrons. The third kappa shape index (κ3) is 4.11. The normalized spacial score (nSPS) is 15.2. The van der Waals surface area contributed by atoms with Gasteiger partial charge in [0.05, 0.1) is 0 Å². The lowest BCUT2D eigenvalue weighted by Gasteiger charge is -2.29. The minimum absolute atomic E-state index is 0.176. The number of aromatic nitrogens is 1. The second kappa shape index (κ2) is 7.86. The van der Waals surface area contributed by atoms with Crippen molar-refractivity contribution in [1.82, 2.24) is 15.6 Å². The van der Waals surface area contributed by atoms with E-state index < -0.39 is 11.6 Å². The van der Waals surface area contributed by atoms with Gasteiger partial charge >= 0.3 is 6.03 Å². The third-order valence-corrected chi connectivity index (χ3v) is 4.61. The number of H-pyrrole nitrogens is 1. The first kappa shape index (κ1) is 17.7. The molecule has 3 amide bonds. The van der Waals surface area contributed by atoms with E-state index in [1.54, 1.807) is 6.07 Å². The zero-order chi connectivity index (χ0) is 18.4. The molecule has 136 valence electrons. The number of urea groups is 1. The van der Waals surface area contributed by atoms with Gasteiger partial charge < -0.3 is 20.9 Å². The van der Waals surface area contributed by atoms with Crippen molar-refractivity contribution in [2.45, 2.75) is 37.8 Å². The molecule has 1 aliphatic rings. The molecule has 0 saturated heterocycles. The lowest BCUT2D eigenvalue weighted by atomic mass is 9.96. The second-order valence-corrected chi connectivity index (χ2v) is 6.45. The van der Waals surface area contributed by atoms with E-state index in [4.69, 9.17) is 0 Å². The first-order valence-corrected chi connectivity index (χ1v) is 8.68. The molecule has 1 fully saturated rings. The summed E-state index contributed by atoms with van der Waals surface area (Å²) in [5, 5.41) is 8.26. The number of rotatable bonds is 5. The number of carbonyl (C=O) groups is 2. The average molecular weight is 354 g/mol. The topological polar surface area (TPSA) is 103 Å². The third-order valence-electron chi connectivity index (χ3n) is 4.61. The predicted molar refractivity (Wildman–Crippen MR) is 98.7 cm³/mol. The molecule has 1 saturated carbocycles. The molecule has 1 heterocycles. The van der Waals surface area contributed by atoms with E-state index in [1.807, 2.05) is 30.3 Å². The highest BCUT2D eigenvalue weighted by Crippen LogP contribution is 2.30. The summed E-state index contributed by atoms with van der Waals surface area (Å²) in [4.78, 5) is 39.4. The minimum atomic E-state index is -0.997. The zero-order valence-corrected chi connectivity index (χ0v) is 14.4. The van der Waals surface area contributed by atoms with E-state index in [0.29, 0.717) is 19.4 Å². The highest BCUT2D eigenvalue weighted by Gasteiger charge is 2.42. The highest BCUT2D eigenvalue weighted by atomic mass is 16.2. The van der Waals surface area contributed by atoms with E-state index in [-0.39, 0.29) is 17.2 Å². The van der Waals surface area contributed by atoms with Gasteiger partial charge in [-0.3, -0.25) is 9.59 Å². The molecule has 1 aliphatic carbocycles. The quantitative estimate of drug-likeness (QED) is 0.661. The predicted octanol–water partition coefficient (Wildman–Crippen LogP) is 2.13. The molecule has 3 rings (SSSR count). The molecule has 1 aromatic heterocycles. The molecular weight excluding hydrogens is 332 g/mol. The highest BCUT2D eigenvalue weighted by molar-refractivity contribution is 6.00. The van der Waals surface area contributed by atoms with E-state index in [2.05, 4.69) is 20.9 Å². The molecular formula is C19H22N4O3. The van der Waals surface area contributed by atoms with Crippen molar-refractivity contribution in [2.24, 2.45) is 0 Å². The van der Waals surface area contributed by atoms with Gasteiger partial charge in [0.1, 0.15) is 11.2 Å². The van der Waals surface area contributed by atoms with E-state index in [9.17, 15) is 14.4 Å². The fourth-order valence-corrected chi connectivity index (χ4v) is 3.19. The average Bonchev–Trinajstić information content (AvgIpc) is 3.12. The number of carbonyl (C=O) groups excluding carboxylic acids is 2. The lowest BCUT2D eigenvalue weighted by Crippen LogP contribution is -2.57. The molecule has 1 aromatic carbocycles. The number of anilines is 1. The van der Waals surface area contributed by atoms with Crippen LogP contribution in [0.2, 0.25) is 0 Å². The van der Waals surface area contributed by atoms with Gasteiger partial charge in [0.15, 0.2) is 0 Å². The van der Waals surface area contributed by atoms with Crippen LogP contribution < -0.4 is 21.5 Å². The SMILES string of the molecule is O=C(NCc1ccccc1)NC1(C(=O)Nc2ccc[nH]c2=O)CCCC1. The van der Waals surface area contributed by atoms with Crippen molar-refractivity contribution >= 4 is 17.6 Å². The summed E-state index contributed by atoms with van der Waals surface area (Å²) in [6, 6.07) is 12.3. The number of hydrogen-bond donors (Lipinski definition) is 4. The van der Waals surface area contributed by atoms with Crippen molar-refractivity contribution in [3.05, 3.63) is 64.6 Å². The summed E-state index contributed by atoms with van der Waals surface area (Å²) in [6.45, 7) is 0.378. The fourth-order valence-electron chi connectivity index (χ4n) is 3.19. The number of pyridine rings is 1. The number of benzene rings is 1. The van der Waals surface area contributed by atoms with Crippen LogP contribution in [0.4, 0.5) is 10.5 Å². The maximum absolute atomic E-state index is 12.8. The molecule has 7 nitrogen and oxygen atoms in total. The smallest absolute Gasteiger partial charge is 0.315 e. The van der Waals surface area contributed by atoms with Gasteiger partial charge in [0, 0.05) is 12.7 Å². The summed E-state index contributed by atoms with van der Waals surface area (Å²) in [5.41, 5.74) is -0.218. The molecule has 2 aromatic rings. The van der Waals surface area contributed by atoms with Crippen LogP contribution in [0.5, 0.6) is 0 Å². The summed E-state index contributed by atoms with van der Waals surface area (Å²) >= 11 is 0. The van der Waals surface area contributed by atoms with Crippen LogP contribution in [-0.2, 0) is 11.3 Å². The van der Waals surface area contributed by atoms with Crippen molar-refractivity contribution in [3.8, 4) is 0 Å². The van der Waals surface area contributed by atoms with Crippen molar-refractivity contribution < 1.29 is 9.59 Å². The molecule has 26 heavy (non-hydrogen) atoms. The standard InChI is InChI=1S/C19H22N4O3/c24-16-15(9-6-12-20-16)22-17(25)19(10-4-5-11-19)23-18(26)21-13-14-7-2-1-3-8-14/h1-3,6-9,12H,4-5,10-11,13H2,(H,20,24)(H,22,25)(H2,21,23,26). The first-order chi connectivity index (χ1) is 12.6. The van der Waals surface area contributed by atoms with Crippen LogP contribution in [0.1, 0.15) is 31.2 Å². The Morgan fingerprint density at radius 3 is 2.46 bits per heavy atom. The summed E-state index contributed by atoms with van der Waals surface area (Å²) < 4.78 is 0. The second-order valence-electron chi connectivity index (χ2n) is 6.45. The van der Waals surface area contributed by atoms with Crippen LogP contribution in [0.25, 0.3) is 0 Å². The van der Waals surface area contributed by atoms with Gasteiger partial charge in [0.2, 0.25) is 5.91 Å². The van der Waals surface area contributed by atoms with Gasteiger partial charge in [-0.2, -0.15) is 0 Å². The number of nitrogens with one attached hydrogen (secondary N) is 4. The fraction of sp³-hybridized carbons (Fsp3) is 0.316. The number of amides is 3. The molecule has 7 heteroatoms. The van der Waals surface area contributed by atoms with E-state index in [0.717, 1.165) is 18.4 Å². The van der Waals surface area contributed by atoms with Gasteiger partial charge in [-0.1, -0.05) is 43.2 Å². The summed E-state index contributed by atoms with van der Waals surface area (Å²) in [5.74, 6) is -0.360. The van der Waals surface area contributed by atoms with Crippen LogP contribution in [-0.4, -0.2) is 22.5 Å². The van der Waals surface area contributed by atoms with Gasteiger partial charge in [-0.15, -0.1) is 0 Å². The maximum atomic E-state index is 12.8. The molecule has 4 N–H and O–H groups in total. The minimum Gasteiger partial charge on any atom is -0.334 e. The largest absolute Gasteiger partial charge is 0.334 e. The Hall–Kier alpha value is -3.09. The lowest BCUT2D eigenvalue weighted by molar-refractivity contribution is -0.121. The molecule has 0 aliphatic heterocycles. The molecule has 0 unspecified atom stereocenters. The Bertz CT molecular complexity index is 826. The first-order valence-electron chi connectivity index (χ1n) is 8.68. The van der Waals surface area contributed by atoms with Gasteiger partial charge in [-0.05, 0) is 30.5 Å². The van der Waals surface area contributed by atoms with Crippen LogP contribution in [0, 0.1) is 0 Å². The van der Waals surface area contributed by atoms with Crippen molar-refractivity contribution in [3.63, 3.8) is 0 Å². The monoisotopic (exact) mass is 354 g/mol. The molecule has 0 spiro atoms. The number of aromatic amines is 1. The molecule has 0 bridgehead atoms.